The van der Waals surface area contributed by atoms with E-state index >= 15 is 0 Å². The molecule has 1 heterocycles. The fourth-order valence-corrected chi connectivity index (χ4v) is 2.59. The number of H-pyrrole nitrogens is 1. The van der Waals surface area contributed by atoms with Crippen molar-refractivity contribution in [1.29, 1.82) is 0 Å². The van der Waals surface area contributed by atoms with Crippen LogP contribution in [0, 0.1) is 5.82 Å². The highest BCUT2D eigenvalue weighted by molar-refractivity contribution is 9.10. The number of carboxylic acid groups (broad SMARTS) is 1. The molecule has 0 unspecified atom stereocenters. The first-order valence-electron chi connectivity index (χ1n) is 5.84. The Labute approximate surface area is 131 Å². The smallest absolute Gasteiger partial charge is 0.338 e. The fraction of sp³-hybridized carbons (Fsp3) is 0. The van der Waals surface area contributed by atoms with E-state index in [2.05, 4.69) is 25.9 Å². The van der Waals surface area contributed by atoms with Crippen LogP contribution in [0.4, 0.5) is 4.39 Å². The SMILES string of the molecule is O=C(O)c1cc2nc(-c3cccc(Br)c3Cl)[nH]c2cc1F. The Kier molecular flexibility index (Phi) is 3.43. The Balaban J connectivity index is 2.22. The predicted octanol–water partition coefficient (Wildman–Crippen LogP) is 4.48. The van der Waals surface area contributed by atoms with Crippen molar-refractivity contribution in [3.05, 3.63) is 51.2 Å². The van der Waals surface area contributed by atoms with Crippen molar-refractivity contribution in [2.24, 2.45) is 0 Å². The number of imidazole rings is 1. The number of carbonyl (C=O) groups is 1. The molecule has 106 valence electrons. The van der Waals surface area contributed by atoms with Gasteiger partial charge in [-0.1, -0.05) is 17.7 Å². The number of nitrogens with zero attached hydrogens (tertiary/aromatic N) is 1. The zero-order valence-electron chi connectivity index (χ0n) is 10.3. The van der Waals surface area contributed by atoms with Crippen LogP contribution < -0.4 is 0 Å². The second kappa shape index (κ2) is 5.13. The molecule has 2 N–H and O–H groups in total. The molecule has 0 bridgehead atoms. The average molecular weight is 370 g/mol. The highest BCUT2D eigenvalue weighted by Gasteiger charge is 2.16. The van der Waals surface area contributed by atoms with Gasteiger partial charge in [0.1, 0.15) is 11.6 Å². The Hall–Kier alpha value is -1.92. The van der Waals surface area contributed by atoms with E-state index in [0.717, 1.165) is 6.07 Å². The summed E-state index contributed by atoms with van der Waals surface area (Å²) < 4.78 is 14.4. The lowest BCUT2D eigenvalue weighted by molar-refractivity contribution is 0.0692. The molecule has 0 saturated carbocycles. The molecule has 0 amide bonds. The largest absolute Gasteiger partial charge is 0.478 e. The minimum atomic E-state index is -1.33. The number of aromatic amines is 1. The molecule has 0 atom stereocenters. The number of aromatic nitrogens is 2. The lowest BCUT2D eigenvalue weighted by Crippen LogP contribution is -1.99. The van der Waals surface area contributed by atoms with Crippen LogP contribution in [0.5, 0.6) is 0 Å². The highest BCUT2D eigenvalue weighted by atomic mass is 79.9. The summed E-state index contributed by atoms with van der Waals surface area (Å²) in [5.74, 6) is -1.71. The summed E-state index contributed by atoms with van der Waals surface area (Å²) >= 11 is 9.51. The maximum atomic E-state index is 13.7. The van der Waals surface area contributed by atoms with E-state index in [9.17, 15) is 9.18 Å². The molecule has 0 aliphatic carbocycles. The van der Waals surface area contributed by atoms with E-state index in [1.165, 1.54) is 6.07 Å². The molecular formula is C14H7BrClFN2O2. The average Bonchev–Trinajstić information content (AvgIpc) is 2.83. The molecule has 3 rings (SSSR count). The summed E-state index contributed by atoms with van der Waals surface area (Å²) in [6.45, 7) is 0. The number of aromatic carboxylic acids is 1. The summed E-state index contributed by atoms with van der Waals surface area (Å²) in [4.78, 5) is 18.2. The number of fused-ring (bicyclic) bond motifs is 1. The minimum Gasteiger partial charge on any atom is -0.478 e. The Morgan fingerprint density at radius 2 is 2.14 bits per heavy atom. The van der Waals surface area contributed by atoms with E-state index in [0.29, 0.717) is 31.9 Å². The van der Waals surface area contributed by atoms with Crippen LogP contribution in [-0.2, 0) is 0 Å². The monoisotopic (exact) mass is 368 g/mol. The third-order valence-electron chi connectivity index (χ3n) is 3.01. The molecule has 0 radical (unpaired) electrons. The molecule has 0 fully saturated rings. The van der Waals surface area contributed by atoms with Crippen LogP contribution in [0.15, 0.2) is 34.8 Å². The molecule has 1 aromatic heterocycles. The van der Waals surface area contributed by atoms with E-state index in [1.807, 2.05) is 0 Å². The lowest BCUT2D eigenvalue weighted by Gasteiger charge is -2.01. The lowest BCUT2D eigenvalue weighted by atomic mass is 10.2. The summed E-state index contributed by atoms with van der Waals surface area (Å²) in [5, 5.41) is 9.39. The maximum Gasteiger partial charge on any atom is 0.338 e. The quantitative estimate of drug-likeness (QED) is 0.700. The first-order chi connectivity index (χ1) is 9.97. The van der Waals surface area contributed by atoms with Gasteiger partial charge in [-0.2, -0.15) is 0 Å². The van der Waals surface area contributed by atoms with Gasteiger partial charge in [0, 0.05) is 16.1 Å². The van der Waals surface area contributed by atoms with Crippen LogP contribution in [0.3, 0.4) is 0 Å². The first kappa shape index (κ1) is 14.0. The van der Waals surface area contributed by atoms with Crippen molar-refractivity contribution in [2.75, 3.05) is 0 Å². The minimum absolute atomic E-state index is 0.361. The molecule has 2 aromatic carbocycles. The number of hydrogen-bond donors (Lipinski definition) is 2. The topological polar surface area (TPSA) is 66.0 Å². The third-order valence-corrected chi connectivity index (χ3v) is 4.30. The van der Waals surface area contributed by atoms with Gasteiger partial charge in [0.2, 0.25) is 0 Å². The normalized spacial score (nSPS) is 11.0. The van der Waals surface area contributed by atoms with Gasteiger partial charge < -0.3 is 10.1 Å². The predicted molar refractivity (Wildman–Crippen MR) is 81.2 cm³/mol. The summed E-state index contributed by atoms with van der Waals surface area (Å²) in [6.07, 6.45) is 0. The van der Waals surface area contributed by atoms with Gasteiger partial charge >= 0.3 is 5.97 Å². The number of rotatable bonds is 2. The first-order valence-corrected chi connectivity index (χ1v) is 7.01. The highest BCUT2D eigenvalue weighted by Crippen LogP contribution is 2.33. The molecule has 0 saturated heterocycles. The molecule has 0 aliphatic heterocycles. The second-order valence-corrected chi connectivity index (χ2v) is 5.57. The van der Waals surface area contributed by atoms with Gasteiger partial charge in [-0.25, -0.2) is 14.2 Å². The van der Waals surface area contributed by atoms with Gasteiger partial charge in [0.05, 0.1) is 21.6 Å². The van der Waals surface area contributed by atoms with Gasteiger partial charge in [-0.3, -0.25) is 0 Å². The van der Waals surface area contributed by atoms with E-state index in [4.69, 9.17) is 16.7 Å². The van der Waals surface area contributed by atoms with Crippen LogP contribution in [0.2, 0.25) is 5.02 Å². The summed E-state index contributed by atoms with van der Waals surface area (Å²) in [6, 6.07) is 7.65. The van der Waals surface area contributed by atoms with Crippen LogP contribution in [0.25, 0.3) is 22.4 Å². The van der Waals surface area contributed by atoms with E-state index < -0.39 is 17.3 Å². The van der Waals surface area contributed by atoms with Crippen molar-refractivity contribution >= 4 is 44.5 Å². The van der Waals surface area contributed by atoms with Gasteiger partial charge in [-0.05, 0) is 34.1 Å². The van der Waals surface area contributed by atoms with Crippen LogP contribution in [0.1, 0.15) is 10.4 Å². The zero-order chi connectivity index (χ0) is 15.1. The van der Waals surface area contributed by atoms with Crippen LogP contribution in [-0.4, -0.2) is 21.0 Å². The Bertz CT molecular complexity index is 879. The second-order valence-electron chi connectivity index (χ2n) is 4.34. The van der Waals surface area contributed by atoms with Crippen molar-refractivity contribution in [3.8, 4) is 11.4 Å². The van der Waals surface area contributed by atoms with Gasteiger partial charge in [0.15, 0.2) is 0 Å². The summed E-state index contributed by atoms with van der Waals surface area (Å²) in [7, 11) is 0. The Morgan fingerprint density at radius 1 is 1.38 bits per heavy atom. The number of benzene rings is 2. The Morgan fingerprint density at radius 3 is 2.86 bits per heavy atom. The molecule has 0 aliphatic rings. The molecule has 7 heteroatoms. The van der Waals surface area contributed by atoms with Crippen molar-refractivity contribution in [2.45, 2.75) is 0 Å². The fourth-order valence-electron chi connectivity index (χ4n) is 2.01. The number of carboxylic acids is 1. The number of halogens is 3. The molecule has 21 heavy (non-hydrogen) atoms. The molecular weight excluding hydrogens is 363 g/mol. The van der Waals surface area contributed by atoms with Crippen LogP contribution >= 0.6 is 27.5 Å². The molecule has 3 aromatic rings. The van der Waals surface area contributed by atoms with E-state index in [-0.39, 0.29) is 0 Å². The zero-order valence-corrected chi connectivity index (χ0v) is 12.7. The van der Waals surface area contributed by atoms with Gasteiger partial charge in [0.25, 0.3) is 0 Å². The van der Waals surface area contributed by atoms with Crippen molar-refractivity contribution in [3.63, 3.8) is 0 Å². The van der Waals surface area contributed by atoms with Crippen molar-refractivity contribution in [1.82, 2.24) is 9.97 Å². The third kappa shape index (κ3) is 2.41. The molecule has 0 spiro atoms. The van der Waals surface area contributed by atoms with E-state index in [1.54, 1.807) is 18.2 Å². The summed E-state index contributed by atoms with van der Waals surface area (Å²) in [5.41, 5.74) is 0.990. The number of hydrogen-bond acceptors (Lipinski definition) is 2. The maximum absolute atomic E-state index is 13.7. The standard InChI is InChI=1S/C14H7BrClFN2O2/c15-8-3-1-2-6(12(8)16)13-18-10-4-7(14(20)21)9(17)5-11(10)19-13/h1-5H,(H,18,19)(H,20,21). The molecule has 4 nitrogen and oxygen atoms in total. The van der Waals surface area contributed by atoms with Gasteiger partial charge in [-0.15, -0.1) is 0 Å². The van der Waals surface area contributed by atoms with Crippen molar-refractivity contribution < 1.29 is 14.3 Å². The number of nitrogens with one attached hydrogen (secondary N) is 1.